The molecule has 1 aromatic rings. The van der Waals surface area contributed by atoms with Crippen LogP contribution in [0.2, 0.25) is 5.02 Å². The number of hydrogen-bond acceptors (Lipinski definition) is 1. The topological polar surface area (TPSA) is 12.0 Å². The Morgan fingerprint density at radius 3 is 2.47 bits per heavy atom. The predicted molar refractivity (Wildman–Crippen MR) is 67.4 cm³/mol. The minimum atomic E-state index is 0.369. The van der Waals surface area contributed by atoms with E-state index >= 15 is 0 Å². The van der Waals surface area contributed by atoms with E-state index in [-0.39, 0.29) is 0 Å². The summed E-state index contributed by atoms with van der Waals surface area (Å²) in [5, 5.41) is 4.41. The standard InChI is InChI=1S/C13H20ClN/c1-4-13(5-2)15-10(3)11-7-6-8-12(14)9-11/h6-10,13,15H,4-5H2,1-3H3. The van der Waals surface area contributed by atoms with Crippen molar-refractivity contribution in [1.29, 1.82) is 0 Å². The maximum absolute atomic E-state index is 5.97. The van der Waals surface area contributed by atoms with Crippen molar-refractivity contribution in [2.24, 2.45) is 0 Å². The summed E-state index contributed by atoms with van der Waals surface area (Å²) in [6, 6.07) is 9.03. The molecule has 0 spiro atoms. The van der Waals surface area contributed by atoms with Crippen molar-refractivity contribution in [1.82, 2.24) is 5.32 Å². The molecule has 0 aliphatic carbocycles. The van der Waals surface area contributed by atoms with Crippen LogP contribution in [0.5, 0.6) is 0 Å². The van der Waals surface area contributed by atoms with Gasteiger partial charge in [0.15, 0.2) is 0 Å². The maximum atomic E-state index is 5.97. The van der Waals surface area contributed by atoms with Crippen molar-refractivity contribution < 1.29 is 0 Å². The van der Waals surface area contributed by atoms with Crippen molar-refractivity contribution in [3.8, 4) is 0 Å². The fraction of sp³-hybridized carbons (Fsp3) is 0.538. The molecule has 0 aliphatic rings. The molecule has 0 aromatic heterocycles. The third kappa shape index (κ3) is 3.84. The molecule has 1 aromatic carbocycles. The highest BCUT2D eigenvalue weighted by molar-refractivity contribution is 6.30. The zero-order chi connectivity index (χ0) is 11.3. The lowest BCUT2D eigenvalue weighted by Gasteiger charge is -2.21. The third-order valence-electron chi connectivity index (χ3n) is 2.82. The van der Waals surface area contributed by atoms with Gasteiger partial charge in [-0.1, -0.05) is 37.6 Å². The largest absolute Gasteiger partial charge is 0.307 e. The van der Waals surface area contributed by atoms with Crippen LogP contribution in [-0.2, 0) is 0 Å². The van der Waals surface area contributed by atoms with E-state index in [1.165, 1.54) is 18.4 Å². The molecule has 1 rings (SSSR count). The zero-order valence-electron chi connectivity index (χ0n) is 9.76. The van der Waals surface area contributed by atoms with Crippen molar-refractivity contribution in [2.75, 3.05) is 0 Å². The average Bonchev–Trinajstić information content (AvgIpc) is 2.25. The molecule has 0 amide bonds. The molecule has 1 unspecified atom stereocenters. The van der Waals surface area contributed by atoms with E-state index in [0.29, 0.717) is 12.1 Å². The van der Waals surface area contributed by atoms with Crippen molar-refractivity contribution in [3.05, 3.63) is 34.9 Å². The first-order valence-corrected chi connectivity index (χ1v) is 6.06. The second-order valence-corrected chi connectivity index (χ2v) is 4.39. The number of nitrogens with one attached hydrogen (secondary N) is 1. The minimum Gasteiger partial charge on any atom is -0.307 e. The summed E-state index contributed by atoms with van der Waals surface area (Å²) >= 11 is 5.97. The van der Waals surface area contributed by atoms with Gasteiger partial charge in [0, 0.05) is 17.1 Å². The lowest BCUT2D eigenvalue weighted by molar-refractivity contribution is 0.432. The molecule has 0 radical (unpaired) electrons. The first-order chi connectivity index (χ1) is 7.17. The molecule has 0 heterocycles. The summed E-state index contributed by atoms with van der Waals surface area (Å²) in [5.41, 5.74) is 1.26. The van der Waals surface area contributed by atoms with Crippen LogP contribution >= 0.6 is 11.6 Å². The van der Waals surface area contributed by atoms with Crippen LogP contribution in [0, 0.1) is 0 Å². The Balaban J connectivity index is 2.64. The van der Waals surface area contributed by atoms with Gasteiger partial charge in [-0.05, 0) is 37.5 Å². The van der Waals surface area contributed by atoms with Gasteiger partial charge in [-0.3, -0.25) is 0 Å². The van der Waals surface area contributed by atoms with Crippen molar-refractivity contribution in [3.63, 3.8) is 0 Å². The van der Waals surface area contributed by atoms with Crippen LogP contribution in [0.25, 0.3) is 0 Å². The van der Waals surface area contributed by atoms with E-state index in [4.69, 9.17) is 11.6 Å². The number of hydrogen-bond donors (Lipinski definition) is 1. The summed E-state index contributed by atoms with van der Waals surface area (Å²) < 4.78 is 0. The Hall–Kier alpha value is -0.530. The van der Waals surface area contributed by atoms with Crippen LogP contribution in [0.15, 0.2) is 24.3 Å². The van der Waals surface area contributed by atoms with E-state index in [9.17, 15) is 0 Å². The Bertz CT molecular complexity index is 294. The van der Waals surface area contributed by atoms with Crippen molar-refractivity contribution in [2.45, 2.75) is 45.7 Å². The molecular weight excluding hydrogens is 206 g/mol. The predicted octanol–water partition coefficient (Wildman–Crippen LogP) is 4.18. The van der Waals surface area contributed by atoms with Crippen LogP contribution in [-0.4, -0.2) is 6.04 Å². The van der Waals surface area contributed by atoms with E-state index in [1.807, 2.05) is 18.2 Å². The fourth-order valence-electron chi connectivity index (χ4n) is 1.75. The van der Waals surface area contributed by atoms with Gasteiger partial charge in [-0.15, -0.1) is 0 Å². The summed E-state index contributed by atoms with van der Waals surface area (Å²) in [6.07, 6.45) is 2.34. The average molecular weight is 226 g/mol. The molecule has 84 valence electrons. The van der Waals surface area contributed by atoms with Crippen LogP contribution in [0.1, 0.15) is 45.2 Å². The number of benzene rings is 1. The van der Waals surface area contributed by atoms with Gasteiger partial charge in [0.25, 0.3) is 0 Å². The minimum absolute atomic E-state index is 0.369. The van der Waals surface area contributed by atoms with Crippen LogP contribution in [0.3, 0.4) is 0 Å². The maximum Gasteiger partial charge on any atom is 0.0409 e. The molecule has 0 saturated carbocycles. The van der Waals surface area contributed by atoms with Gasteiger partial charge >= 0.3 is 0 Å². The first-order valence-electron chi connectivity index (χ1n) is 5.68. The number of halogens is 1. The smallest absolute Gasteiger partial charge is 0.0409 e. The van der Waals surface area contributed by atoms with Gasteiger partial charge in [-0.2, -0.15) is 0 Å². The Kier molecular flexibility index (Phi) is 5.13. The van der Waals surface area contributed by atoms with Crippen molar-refractivity contribution >= 4 is 11.6 Å². The number of rotatable bonds is 5. The molecule has 0 fully saturated rings. The summed E-state index contributed by atoms with van der Waals surface area (Å²) in [7, 11) is 0. The van der Waals surface area contributed by atoms with E-state index in [1.54, 1.807) is 0 Å². The summed E-state index contributed by atoms with van der Waals surface area (Å²) in [5.74, 6) is 0. The first kappa shape index (κ1) is 12.5. The van der Waals surface area contributed by atoms with Gasteiger partial charge in [0.1, 0.15) is 0 Å². The third-order valence-corrected chi connectivity index (χ3v) is 3.06. The summed E-state index contributed by atoms with van der Waals surface area (Å²) in [4.78, 5) is 0. The molecule has 0 bridgehead atoms. The molecule has 2 heteroatoms. The molecule has 1 nitrogen and oxygen atoms in total. The SMILES string of the molecule is CCC(CC)NC(C)c1cccc(Cl)c1. The van der Waals surface area contributed by atoms with Gasteiger partial charge in [0.2, 0.25) is 0 Å². The van der Waals surface area contributed by atoms with E-state index in [2.05, 4.69) is 32.2 Å². The van der Waals surface area contributed by atoms with Gasteiger partial charge in [-0.25, -0.2) is 0 Å². The molecule has 1 atom stereocenters. The molecule has 15 heavy (non-hydrogen) atoms. The molecule has 1 N–H and O–H groups in total. The Labute approximate surface area is 97.8 Å². The fourth-order valence-corrected chi connectivity index (χ4v) is 1.95. The second-order valence-electron chi connectivity index (χ2n) is 3.96. The summed E-state index contributed by atoms with van der Waals surface area (Å²) in [6.45, 7) is 6.61. The highest BCUT2D eigenvalue weighted by atomic mass is 35.5. The Morgan fingerprint density at radius 1 is 1.27 bits per heavy atom. The highest BCUT2D eigenvalue weighted by Crippen LogP contribution is 2.18. The quantitative estimate of drug-likeness (QED) is 0.793. The van der Waals surface area contributed by atoms with Gasteiger partial charge in [0.05, 0.1) is 0 Å². The second kappa shape index (κ2) is 6.14. The zero-order valence-corrected chi connectivity index (χ0v) is 10.5. The molecule has 0 saturated heterocycles. The monoisotopic (exact) mass is 225 g/mol. The van der Waals surface area contributed by atoms with Crippen LogP contribution < -0.4 is 5.32 Å². The van der Waals surface area contributed by atoms with Gasteiger partial charge < -0.3 is 5.32 Å². The molecule has 0 aliphatic heterocycles. The lowest BCUT2D eigenvalue weighted by atomic mass is 10.1. The van der Waals surface area contributed by atoms with E-state index < -0.39 is 0 Å². The van der Waals surface area contributed by atoms with Crippen LogP contribution in [0.4, 0.5) is 0 Å². The Morgan fingerprint density at radius 2 is 1.93 bits per heavy atom. The highest BCUT2D eigenvalue weighted by Gasteiger charge is 2.09. The van der Waals surface area contributed by atoms with E-state index in [0.717, 1.165) is 5.02 Å². The normalized spacial score (nSPS) is 13.1. The lowest BCUT2D eigenvalue weighted by Crippen LogP contribution is -2.30. The molecular formula is C13H20ClN.